The lowest BCUT2D eigenvalue weighted by atomic mass is 9.93. The molecule has 3 aromatic carbocycles. The molecular weight excluding hydrogens is 961 g/mol. The molecule has 1 aliphatic rings. The maximum Gasteiger partial charge on any atom is 0.338 e. The van der Waals surface area contributed by atoms with Crippen molar-refractivity contribution in [3.8, 4) is 51.7 Å². The van der Waals surface area contributed by atoms with Crippen LogP contribution in [0.4, 0.5) is 0 Å². The van der Waals surface area contributed by atoms with Gasteiger partial charge in [0.25, 0.3) is 0 Å². The monoisotopic (exact) mass is 1050 g/mol. The largest absolute Gasteiger partial charge is 0.508 e. The molecule has 2 atom stereocenters. The number of phenolic OH excluding ortho intramolecular Hbond substituents is 4. The Morgan fingerprint density at radius 1 is 0.480 bits per heavy atom. The molecule has 0 aromatic heterocycles. The normalized spacial score (nSPS) is 13.9. The SMILES string of the molecule is CCCCCCCCCCCC(=O)Oc1cc(C(=O)OC2Cc3c(O)cc(O)cc3OC2c2cc(OC(=O)CCCCCCCCCCC)c(O)c(OC(=O)CCCCCCCCCCC)c2)cc(OC(C)=O)c1O. The van der Waals surface area contributed by atoms with Crippen LogP contribution < -0.4 is 23.7 Å². The minimum absolute atomic E-state index is 0.0219. The van der Waals surface area contributed by atoms with Crippen molar-refractivity contribution < 1.29 is 72.8 Å². The summed E-state index contributed by atoms with van der Waals surface area (Å²) in [5.74, 6) is -7.40. The topological polar surface area (TPSA) is 222 Å². The second-order valence-electron chi connectivity index (χ2n) is 20.1. The van der Waals surface area contributed by atoms with Crippen molar-refractivity contribution in [1.29, 1.82) is 0 Å². The van der Waals surface area contributed by atoms with Crippen molar-refractivity contribution in [2.75, 3.05) is 0 Å². The number of hydrogen-bond donors (Lipinski definition) is 4. The number of esters is 5. The van der Waals surface area contributed by atoms with Gasteiger partial charge < -0.3 is 48.8 Å². The van der Waals surface area contributed by atoms with Crippen molar-refractivity contribution in [2.45, 2.75) is 239 Å². The molecule has 0 radical (unpaired) electrons. The Morgan fingerprint density at radius 2 is 0.840 bits per heavy atom. The van der Waals surface area contributed by atoms with Crippen molar-refractivity contribution >= 4 is 29.8 Å². The van der Waals surface area contributed by atoms with E-state index in [9.17, 15) is 44.4 Å². The highest BCUT2D eigenvalue weighted by Crippen LogP contribution is 2.47. The molecule has 4 rings (SSSR count). The fourth-order valence-electron chi connectivity index (χ4n) is 9.23. The third kappa shape index (κ3) is 22.4. The molecule has 0 fully saturated rings. The first-order valence-corrected chi connectivity index (χ1v) is 28.2. The Labute approximate surface area is 445 Å². The Bertz CT molecular complexity index is 2200. The Morgan fingerprint density at radius 3 is 1.23 bits per heavy atom. The molecule has 2 unspecified atom stereocenters. The van der Waals surface area contributed by atoms with Gasteiger partial charge in [-0.15, -0.1) is 0 Å². The summed E-state index contributed by atoms with van der Waals surface area (Å²) < 4.78 is 34.7. The van der Waals surface area contributed by atoms with Gasteiger partial charge in [-0.05, 0) is 43.5 Å². The van der Waals surface area contributed by atoms with Gasteiger partial charge in [0, 0.05) is 55.9 Å². The minimum atomic E-state index is -1.33. The van der Waals surface area contributed by atoms with E-state index in [0.717, 1.165) is 102 Å². The summed E-state index contributed by atoms with van der Waals surface area (Å²) in [7, 11) is 0. The number of unbranched alkanes of at least 4 members (excludes halogenated alkanes) is 24. The van der Waals surface area contributed by atoms with Crippen LogP contribution in [-0.4, -0.2) is 56.4 Å². The summed E-state index contributed by atoms with van der Waals surface area (Å²) in [5, 5.41) is 44.1. The first kappa shape index (κ1) is 61.6. The Kier molecular flexibility index (Phi) is 28.4. The summed E-state index contributed by atoms with van der Waals surface area (Å²) in [5.41, 5.74) is -0.0103. The van der Waals surface area contributed by atoms with Crippen LogP contribution in [0.1, 0.15) is 248 Å². The summed E-state index contributed by atoms with van der Waals surface area (Å²) >= 11 is 0. The number of carbonyl (C=O) groups is 5. The molecule has 1 aliphatic heterocycles. The summed E-state index contributed by atoms with van der Waals surface area (Å²) in [6.45, 7) is 7.63. The molecule has 15 nitrogen and oxygen atoms in total. The molecule has 0 spiro atoms. The fraction of sp³-hybridized carbons (Fsp3) is 0.617. The van der Waals surface area contributed by atoms with Crippen LogP contribution in [0.2, 0.25) is 0 Å². The van der Waals surface area contributed by atoms with Gasteiger partial charge in [0.15, 0.2) is 29.1 Å². The molecule has 1 heterocycles. The van der Waals surface area contributed by atoms with Crippen molar-refractivity contribution in [1.82, 2.24) is 0 Å². The molecule has 75 heavy (non-hydrogen) atoms. The van der Waals surface area contributed by atoms with Crippen LogP contribution in [-0.2, 0) is 30.3 Å². The second kappa shape index (κ2) is 34.6. The van der Waals surface area contributed by atoms with E-state index in [4.69, 9.17) is 28.4 Å². The number of rotatable bonds is 37. The number of phenols is 4. The van der Waals surface area contributed by atoms with Gasteiger partial charge in [-0.1, -0.05) is 175 Å². The van der Waals surface area contributed by atoms with Crippen LogP contribution in [0.3, 0.4) is 0 Å². The smallest absolute Gasteiger partial charge is 0.338 e. The van der Waals surface area contributed by atoms with E-state index in [2.05, 4.69) is 20.8 Å². The highest BCUT2D eigenvalue weighted by Gasteiger charge is 2.38. The zero-order valence-electron chi connectivity index (χ0n) is 45.3. The lowest BCUT2D eigenvalue weighted by Crippen LogP contribution is -2.35. The third-order valence-corrected chi connectivity index (χ3v) is 13.5. The van der Waals surface area contributed by atoms with Crippen LogP contribution in [0.5, 0.6) is 51.7 Å². The van der Waals surface area contributed by atoms with Gasteiger partial charge in [0.2, 0.25) is 11.5 Å². The van der Waals surface area contributed by atoms with E-state index >= 15 is 0 Å². The second-order valence-corrected chi connectivity index (χ2v) is 20.1. The fourth-order valence-corrected chi connectivity index (χ4v) is 9.23. The molecule has 0 aliphatic carbocycles. The van der Waals surface area contributed by atoms with Crippen LogP contribution in [0.15, 0.2) is 36.4 Å². The van der Waals surface area contributed by atoms with Gasteiger partial charge in [0.05, 0.1) is 5.56 Å². The van der Waals surface area contributed by atoms with Crippen molar-refractivity contribution in [3.05, 3.63) is 53.1 Å². The molecule has 0 saturated heterocycles. The Balaban J connectivity index is 1.60. The molecule has 3 aromatic rings. The molecule has 416 valence electrons. The zero-order chi connectivity index (χ0) is 54.4. The number of aromatic hydroxyl groups is 4. The van der Waals surface area contributed by atoms with E-state index in [1.54, 1.807) is 0 Å². The van der Waals surface area contributed by atoms with E-state index in [1.165, 1.54) is 95.2 Å². The van der Waals surface area contributed by atoms with Crippen molar-refractivity contribution in [3.63, 3.8) is 0 Å². The predicted molar refractivity (Wildman–Crippen MR) is 286 cm³/mol. The lowest BCUT2D eigenvalue weighted by Gasteiger charge is -2.34. The first-order chi connectivity index (χ1) is 36.2. The van der Waals surface area contributed by atoms with E-state index in [0.29, 0.717) is 19.3 Å². The third-order valence-electron chi connectivity index (χ3n) is 13.5. The van der Waals surface area contributed by atoms with Gasteiger partial charge in [-0.25, -0.2) is 4.79 Å². The van der Waals surface area contributed by atoms with E-state index < -0.39 is 65.1 Å². The highest BCUT2D eigenvalue weighted by molar-refractivity contribution is 5.92. The van der Waals surface area contributed by atoms with Crippen molar-refractivity contribution in [2.24, 2.45) is 0 Å². The van der Waals surface area contributed by atoms with E-state index in [-0.39, 0.29) is 71.1 Å². The van der Waals surface area contributed by atoms with Gasteiger partial charge in [0.1, 0.15) is 23.4 Å². The molecule has 0 bridgehead atoms. The first-order valence-electron chi connectivity index (χ1n) is 28.2. The zero-order valence-corrected chi connectivity index (χ0v) is 45.3. The number of fused-ring (bicyclic) bond motifs is 1. The average molecular weight is 1050 g/mol. The quantitative estimate of drug-likeness (QED) is 0.0240. The maximum atomic E-state index is 14.3. The highest BCUT2D eigenvalue weighted by atomic mass is 16.6. The molecule has 0 amide bonds. The van der Waals surface area contributed by atoms with Gasteiger partial charge >= 0.3 is 29.8 Å². The van der Waals surface area contributed by atoms with Crippen LogP contribution in [0, 0.1) is 0 Å². The van der Waals surface area contributed by atoms with E-state index in [1.807, 2.05) is 0 Å². The molecule has 0 saturated carbocycles. The number of hydrogen-bond acceptors (Lipinski definition) is 15. The standard InChI is InChI=1S/C60H86O15/c1-5-8-11-14-17-20-23-26-29-32-54(64)71-50-35-43(36-51(58(50)68)72-55(65)33-30-27-24-21-18-15-12-9-6-2)59-53(41-46-47(63)39-45(62)40-48(46)74-59)75-60(69)44-37-49(70-42(4)61)57(67)52(38-44)73-56(66)34-31-28-25-22-19-16-13-10-7-3/h35-40,53,59,62-63,67-68H,5-34,41H2,1-4H3. The summed E-state index contributed by atoms with van der Waals surface area (Å²) in [4.78, 5) is 66.2. The predicted octanol–water partition coefficient (Wildman–Crippen LogP) is 14.8. The number of carbonyl (C=O) groups excluding carboxylic acids is 5. The van der Waals surface area contributed by atoms with Crippen LogP contribution in [0.25, 0.3) is 0 Å². The molecule has 4 N–H and O–H groups in total. The minimum Gasteiger partial charge on any atom is -0.508 e. The summed E-state index contributed by atoms with van der Waals surface area (Å²) in [6.07, 6.45) is 25.2. The molecular formula is C60H86O15. The lowest BCUT2D eigenvalue weighted by molar-refractivity contribution is -0.135. The average Bonchev–Trinajstić information content (AvgIpc) is 3.37. The molecule has 15 heteroatoms. The van der Waals surface area contributed by atoms with Gasteiger partial charge in [-0.2, -0.15) is 0 Å². The van der Waals surface area contributed by atoms with Crippen LogP contribution >= 0.6 is 0 Å². The summed E-state index contributed by atoms with van der Waals surface area (Å²) in [6, 6.07) is 7.11. The van der Waals surface area contributed by atoms with Gasteiger partial charge in [-0.3, -0.25) is 19.2 Å². The number of benzene rings is 3. The maximum absolute atomic E-state index is 14.3. The number of ether oxygens (including phenoxy) is 6. The Hall–Kier alpha value is -5.99.